The highest BCUT2D eigenvalue weighted by Crippen LogP contribution is 2.26. The van der Waals surface area contributed by atoms with Crippen LogP contribution in [0.1, 0.15) is 27.2 Å². The summed E-state index contributed by atoms with van der Waals surface area (Å²) in [7, 11) is 0. The lowest BCUT2D eigenvalue weighted by atomic mass is 10.2. The van der Waals surface area contributed by atoms with E-state index in [-0.39, 0.29) is 18.4 Å². The number of halogens is 1. The van der Waals surface area contributed by atoms with Crippen LogP contribution in [0.4, 0.5) is 5.69 Å². The predicted molar refractivity (Wildman–Crippen MR) is 126 cm³/mol. The van der Waals surface area contributed by atoms with E-state index < -0.39 is 29.7 Å². The fraction of sp³-hybridized carbons (Fsp3) is 0.167. The zero-order valence-electron chi connectivity index (χ0n) is 17.7. The van der Waals surface area contributed by atoms with E-state index in [0.717, 1.165) is 20.3 Å². The van der Waals surface area contributed by atoms with Gasteiger partial charge >= 0.3 is 0 Å². The molecule has 7 nitrogen and oxygen atoms in total. The van der Waals surface area contributed by atoms with E-state index in [4.69, 9.17) is 11.6 Å². The molecule has 2 aromatic carbocycles. The maximum absolute atomic E-state index is 13.3. The Balaban J connectivity index is 1.63. The number of benzene rings is 2. The smallest absolute Gasteiger partial charge is 0.269 e. The second kappa shape index (κ2) is 9.56. The zero-order chi connectivity index (χ0) is 23.5. The lowest BCUT2D eigenvalue weighted by Gasteiger charge is -2.28. The van der Waals surface area contributed by atoms with Gasteiger partial charge in [0.25, 0.3) is 11.8 Å². The number of rotatable bonds is 5. The highest BCUT2D eigenvalue weighted by molar-refractivity contribution is 7.10. The Morgan fingerprint density at radius 2 is 1.91 bits per heavy atom. The van der Waals surface area contributed by atoms with Crippen LogP contribution in [0.15, 0.2) is 66.0 Å². The lowest BCUT2D eigenvalue weighted by Crippen LogP contribution is -2.55. The molecular formula is C24H20ClN3O4S. The Morgan fingerprint density at radius 1 is 1.12 bits per heavy atom. The summed E-state index contributed by atoms with van der Waals surface area (Å²) in [5.41, 5.74) is 4.08. The number of hydrogen-bond acceptors (Lipinski definition) is 5. The molecule has 1 saturated heterocycles. The van der Waals surface area contributed by atoms with Crippen molar-refractivity contribution in [3.05, 3.63) is 87.1 Å². The minimum absolute atomic E-state index is 0.0179. The predicted octanol–water partition coefficient (Wildman–Crippen LogP) is 3.76. The molecule has 1 unspecified atom stereocenters. The van der Waals surface area contributed by atoms with Crippen LogP contribution in [0.25, 0.3) is 0 Å². The first-order valence-corrected chi connectivity index (χ1v) is 11.4. The minimum Gasteiger partial charge on any atom is -0.274 e. The number of thiophene rings is 1. The van der Waals surface area contributed by atoms with Crippen LogP contribution >= 0.6 is 22.9 Å². The summed E-state index contributed by atoms with van der Waals surface area (Å²) < 4.78 is 0. The summed E-state index contributed by atoms with van der Waals surface area (Å²) in [5.74, 6) is -2.12. The summed E-state index contributed by atoms with van der Waals surface area (Å²) in [6, 6.07) is 15.7. The van der Waals surface area contributed by atoms with Gasteiger partial charge in [0.05, 0.1) is 18.5 Å². The molecule has 168 valence electrons. The van der Waals surface area contributed by atoms with Crippen molar-refractivity contribution >= 4 is 52.3 Å². The summed E-state index contributed by atoms with van der Waals surface area (Å²) in [6.45, 7) is 1.86. The molecule has 2 heterocycles. The van der Waals surface area contributed by atoms with Crippen molar-refractivity contribution in [1.82, 2.24) is 10.4 Å². The van der Waals surface area contributed by atoms with Gasteiger partial charge in [-0.05, 0) is 54.3 Å². The first-order chi connectivity index (χ1) is 15.8. The number of carbonyl (C=O) groups excluding carboxylic acids is 4. The molecule has 0 aliphatic carbocycles. The van der Waals surface area contributed by atoms with Crippen LogP contribution in [0.5, 0.6) is 0 Å². The first kappa shape index (κ1) is 22.7. The fourth-order valence-corrected chi connectivity index (χ4v) is 4.51. The second-order valence-electron chi connectivity index (χ2n) is 7.60. The van der Waals surface area contributed by atoms with E-state index in [1.165, 1.54) is 17.4 Å². The zero-order valence-corrected chi connectivity index (χ0v) is 19.2. The van der Waals surface area contributed by atoms with Crippen LogP contribution in [-0.2, 0) is 20.8 Å². The van der Waals surface area contributed by atoms with Crippen molar-refractivity contribution in [3.63, 3.8) is 0 Å². The van der Waals surface area contributed by atoms with Gasteiger partial charge in [0.1, 0.15) is 6.04 Å². The van der Waals surface area contributed by atoms with Gasteiger partial charge in [0, 0.05) is 15.5 Å². The second-order valence-corrected chi connectivity index (χ2v) is 9.07. The number of hydrogen-bond donors (Lipinski definition) is 1. The highest BCUT2D eigenvalue weighted by Gasteiger charge is 2.45. The molecule has 1 aliphatic rings. The molecule has 0 bridgehead atoms. The van der Waals surface area contributed by atoms with Crippen molar-refractivity contribution in [1.29, 1.82) is 0 Å². The molecule has 33 heavy (non-hydrogen) atoms. The van der Waals surface area contributed by atoms with E-state index in [9.17, 15) is 19.2 Å². The van der Waals surface area contributed by atoms with E-state index in [1.54, 1.807) is 42.5 Å². The maximum atomic E-state index is 13.3. The topological polar surface area (TPSA) is 86.8 Å². The molecule has 1 aliphatic heterocycles. The third-order valence-corrected chi connectivity index (χ3v) is 6.29. The average Bonchev–Trinajstić information content (AvgIpc) is 3.39. The third kappa shape index (κ3) is 4.97. The van der Waals surface area contributed by atoms with Gasteiger partial charge in [-0.15, -0.1) is 11.3 Å². The standard InChI is InChI=1S/C24H20ClN3O4S/c1-15-5-2-8-18(11-15)27-21(29)14-20(24(27)32)28(22(30)13-19-9-4-10-33-19)26-23(31)16-6-3-7-17(25)12-16/h2-12,20H,13-14H2,1H3,(H,26,31). The number of nitrogens with one attached hydrogen (secondary N) is 1. The number of anilines is 1. The molecule has 0 saturated carbocycles. The maximum Gasteiger partial charge on any atom is 0.269 e. The van der Waals surface area contributed by atoms with E-state index >= 15 is 0 Å². The quantitative estimate of drug-likeness (QED) is 0.444. The average molecular weight is 482 g/mol. The molecule has 9 heteroatoms. The number of hydrazine groups is 1. The highest BCUT2D eigenvalue weighted by atomic mass is 35.5. The summed E-state index contributed by atoms with van der Waals surface area (Å²) in [6.07, 6.45) is -0.255. The largest absolute Gasteiger partial charge is 0.274 e. The first-order valence-electron chi connectivity index (χ1n) is 10.2. The molecule has 3 aromatic rings. The van der Waals surface area contributed by atoms with Crippen molar-refractivity contribution in [2.75, 3.05) is 4.90 Å². The van der Waals surface area contributed by atoms with Gasteiger partial charge < -0.3 is 0 Å². The van der Waals surface area contributed by atoms with Gasteiger partial charge in [0.15, 0.2) is 0 Å². The molecule has 1 N–H and O–H groups in total. The third-order valence-electron chi connectivity index (χ3n) is 5.18. The number of amides is 4. The van der Waals surface area contributed by atoms with Crippen molar-refractivity contribution in [2.45, 2.75) is 25.8 Å². The van der Waals surface area contributed by atoms with Crippen molar-refractivity contribution in [2.24, 2.45) is 0 Å². The Morgan fingerprint density at radius 3 is 2.61 bits per heavy atom. The monoisotopic (exact) mass is 481 g/mol. The Labute approximate surface area is 199 Å². The van der Waals surface area contributed by atoms with Gasteiger partial charge in [-0.3, -0.25) is 24.6 Å². The number of nitrogens with zero attached hydrogens (tertiary/aromatic N) is 2. The molecule has 1 atom stereocenters. The molecule has 0 spiro atoms. The Bertz CT molecular complexity index is 1230. The SMILES string of the molecule is Cc1cccc(N2C(=O)CC(N(NC(=O)c3cccc(Cl)c3)C(=O)Cc3cccs3)C2=O)c1. The molecule has 4 amide bonds. The molecule has 4 rings (SSSR count). The Hall–Kier alpha value is -3.49. The summed E-state index contributed by atoms with van der Waals surface area (Å²) in [4.78, 5) is 54.0. The number of carbonyl (C=O) groups is 4. The Kier molecular flexibility index (Phi) is 6.57. The van der Waals surface area contributed by atoms with Crippen LogP contribution in [0, 0.1) is 6.92 Å². The van der Waals surface area contributed by atoms with Crippen molar-refractivity contribution in [3.8, 4) is 0 Å². The number of aryl methyl sites for hydroxylation is 1. The summed E-state index contributed by atoms with van der Waals surface area (Å²) in [5, 5.41) is 3.18. The van der Waals surface area contributed by atoms with E-state index in [1.807, 2.05) is 24.4 Å². The van der Waals surface area contributed by atoms with Crippen molar-refractivity contribution < 1.29 is 19.2 Å². The van der Waals surface area contributed by atoms with E-state index in [2.05, 4.69) is 5.43 Å². The minimum atomic E-state index is -1.16. The van der Waals surface area contributed by atoms with Crippen LogP contribution in [0.2, 0.25) is 5.02 Å². The molecule has 0 radical (unpaired) electrons. The van der Waals surface area contributed by atoms with Gasteiger partial charge in [-0.2, -0.15) is 0 Å². The van der Waals surface area contributed by atoms with E-state index in [0.29, 0.717) is 10.7 Å². The molecular weight excluding hydrogens is 462 g/mol. The van der Waals surface area contributed by atoms with Crippen LogP contribution in [-0.4, -0.2) is 34.7 Å². The van der Waals surface area contributed by atoms with Crippen LogP contribution < -0.4 is 10.3 Å². The molecule has 1 fully saturated rings. The van der Waals surface area contributed by atoms with Gasteiger partial charge in [0.2, 0.25) is 11.8 Å². The van der Waals surface area contributed by atoms with Crippen LogP contribution in [0.3, 0.4) is 0 Å². The lowest BCUT2D eigenvalue weighted by molar-refractivity contribution is -0.140. The van der Waals surface area contributed by atoms with Gasteiger partial charge in [-0.25, -0.2) is 9.91 Å². The number of imide groups is 1. The summed E-state index contributed by atoms with van der Waals surface area (Å²) >= 11 is 7.38. The van der Waals surface area contributed by atoms with Gasteiger partial charge in [-0.1, -0.05) is 35.9 Å². The fourth-order valence-electron chi connectivity index (χ4n) is 3.62. The molecule has 1 aromatic heterocycles. The normalized spacial score (nSPS) is 15.6.